The number of aliphatic hydroxyl groups is 1. The zero-order chi connectivity index (χ0) is 9.14. The van der Waals surface area contributed by atoms with Crippen molar-refractivity contribution in [2.45, 2.75) is 13.5 Å². The van der Waals surface area contributed by atoms with Crippen molar-refractivity contribution in [2.24, 2.45) is 0 Å². The molecule has 4 nitrogen and oxygen atoms in total. The van der Waals surface area contributed by atoms with Gasteiger partial charge >= 0.3 is 0 Å². The van der Waals surface area contributed by atoms with Crippen LogP contribution in [0.2, 0.25) is 5.15 Å². The highest BCUT2D eigenvalue weighted by Crippen LogP contribution is 2.00. The van der Waals surface area contributed by atoms with Crippen LogP contribution in [0, 0.1) is 6.92 Å². The van der Waals surface area contributed by atoms with Crippen molar-refractivity contribution in [1.82, 2.24) is 9.55 Å². The fourth-order valence-electron chi connectivity index (χ4n) is 0.958. The summed E-state index contributed by atoms with van der Waals surface area (Å²) in [6, 6.07) is 1.23. The number of aromatic nitrogens is 2. The lowest BCUT2D eigenvalue weighted by Gasteiger charge is -2.05. The van der Waals surface area contributed by atoms with Crippen molar-refractivity contribution in [3.05, 3.63) is 27.4 Å². The van der Waals surface area contributed by atoms with Crippen LogP contribution in [-0.2, 0) is 6.54 Å². The van der Waals surface area contributed by atoms with Crippen molar-refractivity contribution in [1.29, 1.82) is 0 Å². The smallest absolute Gasteiger partial charge is 0.255 e. The standard InChI is InChI=1S/C7H9ClN2O2/c1-5-9-6(8)4-7(12)10(5)2-3-11/h4,11H,2-3H2,1H3. The molecule has 1 aromatic heterocycles. The molecule has 1 heterocycles. The Kier molecular flexibility index (Phi) is 2.83. The first-order chi connectivity index (χ1) is 5.65. The molecule has 0 radical (unpaired) electrons. The lowest BCUT2D eigenvalue weighted by atomic mass is 10.5. The van der Waals surface area contributed by atoms with E-state index in [1.54, 1.807) is 6.92 Å². The fourth-order valence-corrected chi connectivity index (χ4v) is 1.17. The van der Waals surface area contributed by atoms with Gasteiger partial charge in [0, 0.05) is 6.07 Å². The second-order valence-electron chi connectivity index (χ2n) is 2.34. The number of nitrogens with zero attached hydrogens (tertiary/aromatic N) is 2. The van der Waals surface area contributed by atoms with Crippen LogP contribution in [0.1, 0.15) is 5.82 Å². The molecule has 1 aromatic rings. The van der Waals surface area contributed by atoms with Crippen molar-refractivity contribution >= 4 is 11.6 Å². The number of hydrogen-bond acceptors (Lipinski definition) is 3. The van der Waals surface area contributed by atoms with Gasteiger partial charge in [-0.25, -0.2) is 4.98 Å². The van der Waals surface area contributed by atoms with Gasteiger partial charge in [-0.3, -0.25) is 9.36 Å². The molecule has 0 aliphatic rings. The van der Waals surface area contributed by atoms with Gasteiger partial charge in [0.15, 0.2) is 0 Å². The van der Waals surface area contributed by atoms with E-state index < -0.39 is 0 Å². The molecule has 0 unspecified atom stereocenters. The predicted molar refractivity (Wildman–Crippen MR) is 45.3 cm³/mol. The zero-order valence-corrected chi connectivity index (χ0v) is 7.38. The quantitative estimate of drug-likeness (QED) is 0.675. The Balaban J connectivity index is 3.19. The average molecular weight is 189 g/mol. The van der Waals surface area contributed by atoms with Crippen LogP contribution in [-0.4, -0.2) is 21.3 Å². The summed E-state index contributed by atoms with van der Waals surface area (Å²) in [5.74, 6) is 0.515. The van der Waals surface area contributed by atoms with Gasteiger partial charge in [0.25, 0.3) is 5.56 Å². The fraction of sp³-hybridized carbons (Fsp3) is 0.429. The van der Waals surface area contributed by atoms with Crippen LogP contribution in [0.4, 0.5) is 0 Å². The maximum atomic E-state index is 11.2. The van der Waals surface area contributed by atoms with Gasteiger partial charge in [-0.2, -0.15) is 0 Å². The van der Waals surface area contributed by atoms with Gasteiger partial charge in [-0.1, -0.05) is 11.6 Å². The van der Waals surface area contributed by atoms with E-state index in [-0.39, 0.29) is 23.9 Å². The molecule has 5 heteroatoms. The first-order valence-corrected chi connectivity index (χ1v) is 3.88. The van der Waals surface area contributed by atoms with Gasteiger partial charge in [0.05, 0.1) is 13.2 Å². The third-order valence-corrected chi connectivity index (χ3v) is 1.69. The Morgan fingerprint density at radius 2 is 2.42 bits per heavy atom. The van der Waals surface area contributed by atoms with E-state index >= 15 is 0 Å². The summed E-state index contributed by atoms with van der Waals surface area (Å²) in [7, 11) is 0. The van der Waals surface area contributed by atoms with E-state index in [0.29, 0.717) is 5.82 Å². The summed E-state index contributed by atoms with van der Waals surface area (Å²) in [6.07, 6.45) is 0. The molecular formula is C7H9ClN2O2. The van der Waals surface area contributed by atoms with Crippen LogP contribution in [0.5, 0.6) is 0 Å². The zero-order valence-electron chi connectivity index (χ0n) is 6.62. The van der Waals surface area contributed by atoms with E-state index in [2.05, 4.69) is 4.98 Å². The van der Waals surface area contributed by atoms with Crippen LogP contribution < -0.4 is 5.56 Å². The highest BCUT2D eigenvalue weighted by molar-refractivity contribution is 6.29. The molecule has 0 aliphatic carbocycles. The third kappa shape index (κ3) is 1.84. The molecule has 0 saturated heterocycles. The van der Waals surface area contributed by atoms with E-state index in [0.717, 1.165) is 0 Å². The summed E-state index contributed by atoms with van der Waals surface area (Å²) < 4.78 is 1.37. The minimum absolute atomic E-state index is 0.0793. The molecule has 0 saturated carbocycles. The maximum Gasteiger partial charge on any atom is 0.255 e. The SMILES string of the molecule is Cc1nc(Cl)cc(=O)n1CCO. The van der Waals surface area contributed by atoms with E-state index in [9.17, 15) is 4.79 Å². The highest BCUT2D eigenvalue weighted by atomic mass is 35.5. The van der Waals surface area contributed by atoms with Gasteiger partial charge in [0.1, 0.15) is 11.0 Å². The minimum atomic E-state index is -0.235. The summed E-state index contributed by atoms with van der Waals surface area (Å²) in [6.45, 7) is 1.85. The first kappa shape index (κ1) is 9.22. The van der Waals surface area contributed by atoms with E-state index in [1.165, 1.54) is 10.6 Å². The summed E-state index contributed by atoms with van der Waals surface area (Å²) in [5.41, 5.74) is -0.235. The van der Waals surface area contributed by atoms with Gasteiger partial charge in [0.2, 0.25) is 0 Å². The lowest BCUT2D eigenvalue weighted by molar-refractivity contribution is 0.272. The molecule has 1 rings (SSSR count). The summed E-state index contributed by atoms with van der Waals surface area (Å²) in [5, 5.41) is 8.80. The van der Waals surface area contributed by atoms with Crippen molar-refractivity contribution < 1.29 is 5.11 Å². The topological polar surface area (TPSA) is 55.1 Å². The van der Waals surface area contributed by atoms with Crippen LogP contribution in [0.3, 0.4) is 0 Å². The first-order valence-electron chi connectivity index (χ1n) is 3.50. The largest absolute Gasteiger partial charge is 0.395 e. The summed E-state index contributed by atoms with van der Waals surface area (Å²) >= 11 is 5.54. The molecule has 66 valence electrons. The van der Waals surface area contributed by atoms with E-state index in [1.807, 2.05) is 0 Å². The molecule has 0 atom stereocenters. The molecular weight excluding hydrogens is 180 g/mol. The Morgan fingerprint density at radius 3 is 2.92 bits per heavy atom. The van der Waals surface area contributed by atoms with Crippen LogP contribution in [0.15, 0.2) is 10.9 Å². The number of aryl methyl sites for hydroxylation is 1. The van der Waals surface area contributed by atoms with Crippen molar-refractivity contribution in [2.75, 3.05) is 6.61 Å². The Bertz CT molecular complexity index is 335. The molecule has 0 bridgehead atoms. The number of halogens is 1. The molecule has 0 spiro atoms. The van der Waals surface area contributed by atoms with Crippen molar-refractivity contribution in [3.63, 3.8) is 0 Å². The number of rotatable bonds is 2. The minimum Gasteiger partial charge on any atom is -0.395 e. The Morgan fingerprint density at radius 1 is 1.75 bits per heavy atom. The van der Waals surface area contributed by atoms with Gasteiger partial charge < -0.3 is 5.11 Å². The third-order valence-electron chi connectivity index (χ3n) is 1.49. The van der Waals surface area contributed by atoms with Gasteiger partial charge in [-0.15, -0.1) is 0 Å². The molecule has 0 amide bonds. The second kappa shape index (κ2) is 3.69. The highest BCUT2D eigenvalue weighted by Gasteiger charge is 2.01. The second-order valence-corrected chi connectivity index (χ2v) is 2.73. The van der Waals surface area contributed by atoms with Crippen LogP contribution >= 0.6 is 11.6 Å². The number of hydrogen-bond donors (Lipinski definition) is 1. The maximum absolute atomic E-state index is 11.2. The molecule has 1 N–H and O–H groups in total. The van der Waals surface area contributed by atoms with Gasteiger partial charge in [-0.05, 0) is 6.92 Å². The number of aliphatic hydroxyl groups excluding tert-OH is 1. The molecule has 0 aromatic carbocycles. The van der Waals surface area contributed by atoms with E-state index in [4.69, 9.17) is 16.7 Å². The molecule has 0 fully saturated rings. The Hall–Kier alpha value is -0.870. The molecule has 0 aliphatic heterocycles. The van der Waals surface area contributed by atoms with Crippen LogP contribution in [0.25, 0.3) is 0 Å². The average Bonchev–Trinajstić information content (AvgIpc) is 1.96. The normalized spacial score (nSPS) is 10.2. The lowest BCUT2D eigenvalue weighted by Crippen LogP contribution is -2.24. The summed E-state index contributed by atoms with van der Waals surface area (Å²) in [4.78, 5) is 15.0. The predicted octanol–water partition coefficient (Wildman–Crippen LogP) is 0.197. The van der Waals surface area contributed by atoms with Crippen molar-refractivity contribution in [3.8, 4) is 0 Å². The molecule has 12 heavy (non-hydrogen) atoms. The Labute approximate surface area is 74.4 Å². The monoisotopic (exact) mass is 188 g/mol.